The third kappa shape index (κ3) is 3.56. The first kappa shape index (κ1) is 19.4. The van der Waals surface area contributed by atoms with Gasteiger partial charge >= 0.3 is 6.09 Å². The molecule has 154 valence electrons. The van der Waals surface area contributed by atoms with E-state index in [9.17, 15) is 9.59 Å². The standard InChI is InChI=1S/C20H26N6O3/c1-19(2,3)29-18(28)26-11-6-14-13(12-26)15(24-23-14)16(27)25(4)20(7-8-20)17-21-9-5-10-22-17/h5,9-10H,6-8,11-12H2,1-4H3,(H,23,24). The van der Waals surface area contributed by atoms with Crippen LogP contribution in [0.3, 0.4) is 0 Å². The van der Waals surface area contributed by atoms with Crippen LogP contribution >= 0.6 is 0 Å². The van der Waals surface area contributed by atoms with Gasteiger partial charge in [0.15, 0.2) is 11.5 Å². The van der Waals surface area contributed by atoms with E-state index in [4.69, 9.17) is 4.74 Å². The van der Waals surface area contributed by atoms with E-state index in [0.29, 0.717) is 31.0 Å². The van der Waals surface area contributed by atoms with E-state index in [2.05, 4.69) is 20.2 Å². The molecule has 9 nitrogen and oxygen atoms in total. The number of aromatic nitrogens is 4. The molecule has 1 aliphatic carbocycles. The van der Waals surface area contributed by atoms with E-state index in [-0.39, 0.29) is 12.0 Å². The fourth-order valence-corrected chi connectivity index (χ4v) is 3.67. The Hall–Kier alpha value is -2.97. The number of carbonyl (C=O) groups is 2. The number of rotatable bonds is 3. The molecule has 3 heterocycles. The molecule has 2 aromatic rings. The van der Waals surface area contributed by atoms with Crippen molar-refractivity contribution in [3.63, 3.8) is 0 Å². The molecule has 1 aliphatic heterocycles. The molecule has 29 heavy (non-hydrogen) atoms. The first-order valence-electron chi connectivity index (χ1n) is 9.81. The Morgan fingerprint density at radius 2 is 1.93 bits per heavy atom. The van der Waals surface area contributed by atoms with Crippen LogP contribution in [0.2, 0.25) is 0 Å². The maximum absolute atomic E-state index is 13.3. The summed E-state index contributed by atoms with van der Waals surface area (Å²) in [6.07, 6.45) is 5.23. The molecule has 0 saturated heterocycles. The Balaban J connectivity index is 1.55. The molecule has 0 spiro atoms. The number of aromatic amines is 1. The average molecular weight is 398 g/mol. The average Bonchev–Trinajstić information content (AvgIpc) is 3.39. The van der Waals surface area contributed by atoms with Gasteiger partial charge in [0.25, 0.3) is 5.91 Å². The molecule has 0 radical (unpaired) electrons. The van der Waals surface area contributed by atoms with Crippen LogP contribution in [0, 0.1) is 0 Å². The van der Waals surface area contributed by atoms with E-state index in [1.54, 1.807) is 35.3 Å². The number of hydrogen-bond donors (Lipinski definition) is 1. The third-order valence-corrected chi connectivity index (χ3v) is 5.44. The van der Waals surface area contributed by atoms with Crippen LogP contribution in [0.25, 0.3) is 0 Å². The van der Waals surface area contributed by atoms with Gasteiger partial charge in [-0.3, -0.25) is 9.89 Å². The van der Waals surface area contributed by atoms with Crippen LogP contribution in [-0.4, -0.2) is 61.2 Å². The molecule has 2 aromatic heterocycles. The molecule has 1 saturated carbocycles. The predicted molar refractivity (Wildman–Crippen MR) is 104 cm³/mol. The molecule has 1 fully saturated rings. The Morgan fingerprint density at radius 3 is 2.55 bits per heavy atom. The monoisotopic (exact) mass is 398 g/mol. The van der Waals surface area contributed by atoms with Gasteiger partial charge in [0.05, 0.1) is 6.54 Å². The number of ether oxygens (including phenoxy) is 1. The zero-order valence-corrected chi connectivity index (χ0v) is 17.2. The van der Waals surface area contributed by atoms with Crippen molar-refractivity contribution in [1.29, 1.82) is 0 Å². The van der Waals surface area contributed by atoms with Crippen molar-refractivity contribution in [3.05, 3.63) is 41.2 Å². The molecule has 0 unspecified atom stereocenters. The molecule has 2 amide bonds. The zero-order valence-electron chi connectivity index (χ0n) is 17.2. The number of carbonyl (C=O) groups excluding carboxylic acids is 2. The first-order chi connectivity index (χ1) is 13.7. The maximum Gasteiger partial charge on any atom is 0.410 e. The molecule has 2 aliphatic rings. The maximum atomic E-state index is 13.3. The lowest BCUT2D eigenvalue weighted by Crippen LogP contribution is -2.41. The third-order valence-electron chi connectivity index (χ3n) is 5.44. The summed E-state index contributed by atoms with van der Waals surface area (Å²) in [4.78, 5) is 37.8. The van der Waals surface area contributed by atoms with E-state index in [1.165, 1.54) is 0 Å². The number of nitrogens with one attached hydrogen (secondary N) is 1. The summed E-state index contributed by atoms with van der Waals surface area (Å²) < 4.78 is 5.48. The lowest BCUT2D eigenvalue weighted by molar-refractivity contribution is 0.0221. The summed E-state index contributed by atoms with van der Waals surface area (Å²) in [6, 6.07) is 1.76. The number of amides is 2. The summed E-state index contributed by atoms with van der Waals surface area (Å²) >= 11 is 0. The molecular weight excluding hydrogens is 372 g/mol. The van der Waals surface area contributed by atoms with Crippen molar-refractivity contribution in [1.82, 2.24) is 30.0 Å². The normalized spacial score (nSPS) is 17.4. The Labute approximate surface area is 169 Å². The molecule has 4 rings (SSSR count). The molecule has 0 aromatic carbocycles. The van der Waals surface area contributed by atoms with Gasteiger partial charge in [-0.05, 0) is 39.7 Å². The summed E-state index contributed by atoms with van der Waals surface area (Å²) in [5.74, 6) is 0.453. The quantitative estimate of drug-likeness (QED) is 0.850. The smallest absolute Gasteiger partial charge is 0.410 e. The van der Waals surface area contributed by atoms with Gasteiger partial charge in [-0.2, -0.15) is 5.10 Å². The summed E-state index contributed by atoms with van der Waals surface area (Å²) in [5, 5.41) is 7.26. The van der Waals surface area contributed by atoms with Crippen molar-refractivity contribution >= 4 is 12.0 Å². The minimum atomic E-state index is -0.569. The van der Waals surface area contributed by atoms with Crippen LogP contribution in [0.1, 0.15) is 61.2 Å². The van der Waals surface area contributed by atoms with Crippen LogP contribution in [-0.2, 0) is 23.2 Å². The predicted octanol–water partition coefficient (Wildman–Crippen LogP) is 2.25. The second-order valence-corrected chi connectivity index (χ2v) is 8.65. The molecular formula is C20H26N6O3. The van der Waals surface area contributed by atoms with Gasteiger partial charge < -0.3 is 14.5 Å². The summed E-state index contributed by atoms with van der Waals surface area (Å²) in [6.45, 7) is 6.33. The van der Waals surface area contributed by atoms with Crippen LogP contribution in [0.15, 0.2) is 18.5 Å². The van der Waals surface area contributed by atoms with Gasteiger partial charge in [0, 0.05) is 43.7 Å². The largest absolute Gasteiger partial charge is 0.444 e. The highest BCUT2D eigenvalue weighted by atomic mass is 16.6. The number of nitrogens with zero attached hydrogens (tertiary/aromatic N) is 5. The second-order valence-electron chi connectivity index (χ2n) is 8.65. The molecule has 9 heteroatoms. The fraction of sp³-hybridized carbons (Fsp3) is 0.550. The zero-order chi connectivity index (χ0) is 20.8. The van der Waals surface area contributed by atoms with Crippen LogP contribution < -0.4 is 0 Å². The SMILES string of the molecule is CN(C(=O)c1n[nH]c2c1CN(C(=O)OC(C)(C)C)CC2)C1(c2ncccn2)CC1. The van der Waals surface area contributed by atoms with Crippen molar-refractivity contribution in [3.8, 4) is 0 Å². The molecule has 1 N–H and O–H groups in total. The van der Waals surface area contributed by atoms with E-state index >= 15 is 0 Å². The topological polar surface area (TPSA) is 104 Å². The van der Waals surface area contributed by atoms with Crippen LogP contribution in [0.4, 0.5) is 4.79 Å². The Bertz CT molecular complexity index is 929. The minimum Gasteiger partial charge on any atom is -0.444 e. The summed E-state index contributed by atoms with van der Waals surface area (Å²) in [5.41, 5.74) is 0.939. The lowest BCUT2D eigenvalue weighted by atomic mass is 10.0. The van der Waals surface area contributed by atoms with Gasteiger partial charge in [-0.25, -0.2) is 14.8 Å². The highest BCUT2D eigenvalue weighted by Crippen LogP contribution is 2.49. The van der Waals surface area contributed by atoms with Gasteiger partial charge in [0.2, 0.25) is 0 Å². The first-order valence-corrected chi connectivity index (χ1v) is 9.81. The van der Waals surface area contributed by atoms with Crippen molar-refractivity contribution in [2.75, 3.05) is 13.6 Å². The fourth-order valence-electron chi connectivity index (χ4n) is 3.67. The van der Waals surface area contributed by atoms with Gasteiger partial charge in [0.1, 0.15) is 11.1 Å². The van der Waals surface area contributed by atoms with E-state index < -0.39 is 11.1 Å². The number of H-pyrrole nitrogens is 1. The van der Waals surface area contributed by atoms with Gasteiger partial charge in [-0.1, -0.05) is 0 Å². The van der Waals surface area contributed by atoms with Gasteiger partial charge in [-0.15, -0.1) is 0 Å². The second kappa shape index (κ2) is 6.82. The van der Waals surface area contributed by atoms with E-state index in [0.717, 1.165) is 24.1 Å². The highest BCUT2D eigenvalue weighted by molar-refractivity contribution is 5.94. The Kier molecular flexibility index (Phi) is 4.55. The number of fused-ring (bicyclic) bond motifs is 1. The lowest BCUT2D eigenvalue weighted by Gasteiger charge is -2.30. The highest BCUT2D eigenvalue weighted by Gasteiger charge is 2.53. The van der Waals surface area contributed by atoms with Crippen molar-refractivity contribution in [2.24, 2.45) is 0 Å². The summed E-state index contributed by atoms with van der Waals surface area (Å²) in [7, 11) is 1.77. The Morgan fingerprint density at radius 1 is 1.24 bits per heavy atom. The van der Waals surface area contributed by atoms with Crippen LogP contribution in [0.5, 0.6) is 0 Å². The van der Waals surface area contributed by atoms with Crippen molar-refractivity contribution in [2.45, 2.75) is 57.7 Å². The van der Waals surface area contributed by atoms with Crippen molar-refractivity contribution < 1.29 is 14.3 Å². The molecule has 0 bridgehead atoms. The van der Waals surface area contributed by atoms with E-state index in [1.807, 2.05) is 20.8 Å². The number of hydrogen-bond acceptors (Lipinski definition) is 6. The molecule has 0 atom stereocenters. The minimum absolute atomic E-state index is 0.196.